The van der Waals surface area contributed by atoms with Gasteiger partial charge in [-0.15, -0.1) is 0 Å². The minimum Gasteiger partial charge on any atom is -0.507 e. The van der Waals surface area contributed by atoms with Gasteiger partial charge in [-0.1, -0.05) is 48.5 Å². The summed E-state index contributed by atoms with van der Waals surface area (Å²) >= 11 is 0. The Balaban J connectivity index is 1.70. The van der Waals surface area contributed by atoms with Gasteiger partial charge >= 0.3 is 0 Å². The minimum absolute atomic E-state index is 0.00932. The van der Waals surface area contributed by atoms with Crippen LogP contribution in [-0.4, -0.2) is 25.7 Å². The fourth-order valence-electron chi connectivity index (χ4n) is 2.74. The van der Waals surface area contributed by atoms with Crippen molar-refractivity contribution in [3.63, 3.8) is 0 Å². The Hall–Kier alpha value is -2.86. The highest BCUT2D eigenvalue weighted by atomic mass is 32.2. The van der Waals surface area contributed by atoms with Gasteiger partial charge < -0.3 is 10.4 Å². The summed E-state index contributed by atoms with van der Waals surface area (Å²) in [4.78, 5) is 12.4. The molecule has 0 unspecified atom stereocenters. The Morgan fingerprint density at radius 3 is 2.15 bits per heavy atom. The molecule has 3 aromatic carbocycles. The van der Waals surface area contributed by atoms with E-state index in [1.54, 1.807) is 36.4 Å². The van der Waals surface area contributed by atoms with Crippen molar-refractivity contribution in [1.82, 2.24) is 5.32 Å². The van der Waals surface area contributed by atoms with Gasteiger partial charge in [0.25, 0.3) is 5.91 Å². The number of fused-ring (bicyclic) bond motifs is 1. The molecule has 2 N–H and O–H groups in total. The lowest BCUT2D eigenvalue weighted by Gasteiger charge is -2.09. The van der Waals surface area contributed by atoms with Crippen LogP contribution in [0.2, 0.25) is 0 Å². The predicted octanol–water partition coefficient (Wildman–Crippen LogP) is 3.02. The molecule has 5 nitrogen and oxygen atoms in total. The molecule has 0 fully saturated rings. The summed E-state index contributed by atoms with van der Waals surface area (Å²) in [6.07, 6.45) is 1.19. The second-order valence-corrected chi connectivity index (χ2v) is 8.43. The van der Waals surface area contributed by atoms with E-state index in [2.05, 4.69) is 5.32 Å². The SMILES string of the molecule is CS(=O)(=O)Cc1ccc(CNC(=O)c2cc3ccccc3cc2O)cc1. The number of carbonyl (C=O) groups excluding carboxylic acids is 1. The molecule has 0 bridgehead atoms. The standard InChI is InChI=1S/C20H19NO4S/c1-26(24,25)13-15-8-6-14(7-9-15)12-21-20(23)18-10-16-4-2-3-5-17(16)11-19(18)22/h2-11,22H,12-13H2,1H3,(H,21,23). The third-order valence-electron chi connectivity index (χ3n) is 4.01. The maximum absolute atomic E-state index is 12.4. The summed E-state index contributed by atoms with van der Waals surface area (Å²) in [5.74, 6) is -0.442. The van der Waals surface area contributed by atoms with Crippen molar-refractivity contribution in [2.24, 2.45) is 0 Å². The van der Waals surface area contributed by atoms with Crippen molar-refractivity contribution >= 4 is 26.5 Å². The molecular weight excluding hydrogens is 350 g/mol. The van der Waals surface area contributed by atoms with Gasteiger partial charge in [0, 0.05) is 12.8 Å². The number of hydrogen-bond donors (Lipinski definition) is 2. The Labute approximate surface area is 152 Å². The molecule has 3 aromatic rings. The number of hydrogen-bond acceptors (Lipinski definition) is 4. The molecule has 1 amide bonds. The number of rotatable bonds is 5. The van der Waals surface area contributed by atoms with E-state index < -0.39 is 9.84 Å². The van der Waals surface area contributed by atoms with Crippen LogP contribution < -0.4 is 5.32 Å². The van der Waals surface area contributed by atoms with Crippen LogP contribution in [0.1, 0.15) is 21.5 Å². The molecule has 0 aliphatic heterocycles. The lowest BCUT2D eigenvalue weighted by atomic mass is 10.1. The van der Waals surface area contributed by atoms with Gasteiger partial charge in [0.2, 0.25) is 0 Å². The van der Waals surface area contributed by atoms with Crippen LogP contribution in [0, 0.1) is 0 Å². The Kier molecular flexibility index (Phi) is 4.95. The topological polar surface area (TPSA) is 83.5 Å². The molecule has 0 saturated heterocycles. The van der Waals surface area contributed by atoms with E-state index in [9.17, 15) is 18.3 Å². The number of carbonyl (C=O) groups is 1. The first-order valence-electron chi connectivity index (χ1n) is 8.07. The van der Waals surface area contributed by atoms with Crippen LogP contribution in [0.3, 0.4) is 0 Å². The molecule has 26 heavy (non-hydrogen) atoms. The Bertz CT molecular complexity index is 1060. The summed E-state index contributed by atoms with van der Waals surface area (Å²) in [5.41, 5.74) is 1.77. The van der Waals surface area contributed by atoms with E-state index >= 15 is 0 Å². The molecule has 0 aromatic heterocycles. The zero-order valence-electron chi connectivity index (χ0n) is 14.3. The highest BCUT2D eigenvalue weighted by Crippen LogP contribution is 2.25. The van der Waals surface area contributed by atoms with Crippen LogP contribution in [0.25, 0.3) is 10.8 Å². The van der Waals surface area contributed by atoms with Crippen LogP contribution >= 0.6 is 0 Å². The summed E-state index contributed by atoms with van der Waals surface area (Å²) in [7, 11) is -3.07. The van der Waals surface area contributed by atoms with Crippen molar-refractivity contribution in [3.8, 4) is 5.75 Å². The smallest absolute Gasteiger partial charge is 0.255 e. The van der Waals surface area contributed by atoms with Gasteiger partial charge in [-0.3, -0.25) is 4.79 Å². The average Bonchev–Trinajstić information content (AvgIpc) is 2.59. The van der Waals surface area contributed by atoms with Crippen molar-refractivity contribution < 1.29 is 18.3 Å². The van der Waals surface area contributed by atoms with Crippen molar-refractivity contribution in [3.05, 3.63) is 77.4 Å². The lowest BCUT2D eigenvalue weighted by molar-refractivity contribution is 0.0948. The van der Waals surface area contributed by atoms with Gasteiger partial charge in [-0.25, -0.2) is 8.42 Å². The summed E-state index contributed by atoms with van der Waals surface area (Å²) in [6.45, 7) is 0.282. The number of nitrogens with one attached hydrogen (secondary N) is 1. The first-order chi connectivity index (χ1) is 12.3. The van der Waals surface area contributed by atoms with E-state index in [-0.39, 0.29) is 29.5 Å². The first-order valence-corrected chi connectivity index (χ1v) is 10.1. The van der Waals surface area contributed by atoms with Crippen molar-refractivity contribution in [1.29, 1.82) is 0 Å². The molecule has 0 heterocycles. The van der Waals surface area contributed by atoms with E-state index in [1.165, 1.54) is 6.26 Å². The van der Waals surface area contributed by atoms with E-state index in [4.69, 9.17) is 0 Å². The van der Waals surface area contributed by atoms with Crippen LogP contribution in [0.15, 0.2) is 60.7 Å². The monoisotopic (exact) mass is 369 g/mol. The maximum Gasteiger partial charge on any atom is 0.255 e. The van der Waals surface area contributed by atoms with E-state index in [0.29, 0.717) is 5.56 Å². The number of amides is 1. The molecule has 0 spiro atoms. The second-order valence-electron chi connectivity index (χ2n) is 6.29. The molecule has 0 aliphatic carbocycles. The van der Waals surface area contributed by atoms with Crippen molar-refractivity contribution in [2.45, 2.75) is 12.3 Å². The number of benzene rings is 3. The fraction of sp³-hybridized carbons (Fsp3) is 0.150. The van der Waals surface area contributed by atoms with E-state index in [1.807, 2.05) is 24.3 Å². The third-order valence-corrected chi connectivity index (χ3v) is 4.87. The van der Waals surface area contributed by atoms with Gasteiger partial charge in [0.1, 0.15) is 5.75 Å². The zero-order chi connectivity index (χ0) is 18.7. The summed E-state index contributed by atoms with van der Waals surface area (Å²) in [5, 5.41) is 14.6. The number of aromatic hydroxyl groups is 1. The Morgan fingerprint density at radius 1 is 0.962 bits per heavy atom. The second kappa shape index (κ2) is 7.17. The normalized spacial score (nSPS) is 11.4. The first kappa shape index (κ1) is 17.9. The van der Waals surface area contributed by atoms with Gasteiger partial charge in [0.15, 0.2) is 9.84 Å². The Morgan fingerprint density at radius 2 is 1.54 bits per heavy atom. The molecule has 0 aliphatic rings. The number of phenols is 1. The summed E-state index contributed by atoms with van der Waals surface area (Å²) < 4.78 is 22.6. The van der Waals surface area contributed by atoms with Crippen LogP contribution in [0.5, 0.6) is 5.75 Å². The highest BCUT2D eigenvalue weighted by molar-refractivity contribution is 7.89. The number of sulfone groups is 1. The maximum atomic E-state index is 12.4. The third kappa shape index (κ3) is 4.40. The molecule has 0 radical (unpaired) electrons. The molecule has 0 atom stereocenters. The van der Waals surface area contributed by atoms with Crippen molar-refractivity contribution in [2.75, 3.05) is 6.26 Å². The van der Waals surface area contributed by atoms with Crippen LogP contribution in [0.4, 0.5) is 0 Å². The van der Waals surface area contributed by atoms with Gasteiger partial charge in [-0.05, 0) is 34.0 Å². The minimum atomic E-state index is -3.07. The quantitative estimate of drug-likeness (QED) is 0.724. The molecule has 3 rings (SSSR count). The molecule has 6 heteroatoms. The largest absolute Gasteiger partial charge is 0.507 e. The summed E-state index contributed by atoms with van der Waals surface area (Å²) in [6, 6.07) is 17.8. The van der Waals surface area contributed by atoms with E-state index in [0.717, 1.165) is 16.3 Å². The number of phenolic OH excluding ortho intramolecular Hbond substituents is 1. The molecular formula is C20H19NO4S. The zero-order valence-corrected chi connectivity index (χ0v) is 15.1. The average molecular weight is 369 g/mol. The van der Waals surface area contributed by atoms with Crippen LogP contribution in [-0.2, 0) is 22.1 Å². The fourth-order valence-corrected chi connectivity index (χ4v) is 3.54. The highest BCUT2D eigenvalue weighted by Gasteiger charge is 2.12. The predicted molar refractivity (Wildman–Crippen MR) is 102 cm³/mol. The lowest BCUT2D eigenvalue weighted by Crippen LogP contribution is -2.22. The van der Waals surface area contributed by atoms with Gasteiger partial charge in [0.05, 0.1) is 11.3 Å². The molecule has 0 saturated carbocycles. The molecule has 134 valence electrons. The van der Waals surface area contributed by atoms with Gasteiger partial charge in [-0.2, -0.15) is 0 Å².